The molecule has 0 aromatic heterocycles. The van der Waals surface area contributed by atoms with Gasteiger partial charge in [0.25, 0.3) is 0 Å². The van der Waals surface area contributed by atoms with E-state index in [1.165, 1.54) is 91.7 Å². The lowest BCUT2D eigenvalue weighted by molar-refractivity contribution is 0.346. The van der Waals surface area contributed by atoms with Crippen LogP contribution in [0.2, 0.25) is 0 Å². The number of aryl methyl sites for hydroxylation is 5. The zero-order valence-electron chi connectivity index (χ0n) is 49.8. The molecular formula is C82H75N3. The van der Waals surface area contributed by atoms with Gasteiger partial charge in [-0.15, -0.1) is 0 Å². The van der Waals surface area contributed by atoms with E-state index in [2.05, 4.69) is 341 Å². The molecule has 85 heavy (non-hydrogen) atoms. The third-order valence-corrected chi connectivity index (χ3v) is 17.3. The van der Waals surface area contributed by atoms with Crippen molar-refractivity contribution in [3.63, 3.8) is 0 Å². The predicted molar refractivity (Wildman–Crippen MR) is 363 cm³/mol. The number of benzene rings is 11. The van der Waals surface area contributed by atoms with Crippen LogP contribution in [0.3, 0.4) is 0 Å². The molecule has 0 aliphatic heterocycles. The zero-order chi connectivity index (χ0) is 58.1. The van der Waals surface area contributed by atoms with E-state index in [9.17, 15) is 0 Å². The van der Waals surface area contributed by atoms with Gasteiger partial charge in [-0.2, -0.15) is 0 Å². The first kappa shape index (κ1) is 55.8. The standard InChI is InChI=1S/C82H75N3/c1-60-22-39-72(40-23-60)83(73-41-24-61(2)25-42-73)78-52-35-70(36-53-78)82(56-13-8-14-57-82)71-37-54-79(55-38-71)84(74-43-26-62(3)27-44-74)76-50-33-66(34-51-76)58-69-59-80(47-30-64(69)5)85(75-45-28-63(4)29-46-75)77-48-31-65(32-49-77)16-15-21-81(67-17-9-6-10-18-67)68-19-11-7-12-20-68/h6-7,9-12,15-55,59H,8,13-14,56-58H2,1-5H3/b16-15+. The van der Waals surface area contributed by atoms with Gasteiger partial charge in [-0.1, -0.05) is 224 Å². The molecule has 0 saturated heterocycles. The van der Waals surface area contributed by atoms with Gasteiger partial charge in [-0.3, -0.25) is 0 Å². The fraction of sp³-hybridized carbons (Fsp3) is 0.146. The second-order valence-corrected chi connectivity index (χ2v) is 23.3. The largest absolute Gasteiger partial charge is 0.311 e. The van der Waals surface area contributed by atoms with Crippen LogP contribution < -0.4 is 14.7 Å². The summed E-state index contributed by atoms with van der Waals surface area (Å²) in [5.74, 6) is 0. The molecule has 1 aliphatic carbocycles. The third-order valence-electron chi connectivity index (χ3n) is 17.3. The fourth-order valence-corrected chi connectivity index (χ4v) is 12.4. The summed E-state index contributed by atoms with van der Waals surface area (Å²) in [6.07, 6.45) is 13.4. The first-order valence-electron chi connectivity index (χ1n) is 30.3. The molecule has 11 aromatic carbocycles. The molecule has 1 saturated carbocycles. The molecule has 0 heterocycles. The molecule has 418 valence electrons. The molecule has 0 amide bonds. The quantitative estimate of drug-likeness (QED) is 0.0842. The molecule has 3 heteroatoms. The molecule has 11 aromatic rings. The third kappa shape index (κ3) is 12.6. The van der Waals surface area contributed by atoms with Crippen LogP contribution in [-0.2, 0) is 11.8 Å². The fourth-order valence-electron chi connectivity index (χ4n) is 12.4. The number of nitrogens with zero attached hydrogens (tertiary/aromatic N) is 3. The maximum absolute atomic E-state index is 2.42. The Bertz CT molecular complexity index is 3940. The minimum Gasteiger partial charge on any atom is -0.311 e. The van der Waals surface area contributed by atoms with Gasteiger partial charge >= 0.3 is 0 Å². The van der Waals surface area contributed by atoms with E-state index in [1.54, 1.807) is 0 Å². The lowest BCUT2D eigenvalue weighted by Gasteiger charge is -2.39. The van der Waals surface area contributed by atoms with Gasteiger partial charge in [0.1, 0.15) is 0 Å². The summed E-state index contributed by atoms with van der Waals surface area (Å²) in [7, 11) is 0. The molecule has 0 atom stereocenters. The SMILES string of the molecule is Cc1ccc(N(c2ccc(C)cc2)c2ccc(C3(c4ccc(N(c5ccc(C)cc5)c5ccc(Cc6cc(N(c7ccc(C)cc7)c7ccc(/C=C/C=C(c8ccccc8)c8ccccc8)cc7)ccc6C)cc5)cc4)CCCCC3)cc2)cc1. The first-order chi connectivity index (χ1) is 41.6. The maximum atomic E-state index is 2.42. The Morgan fingerprint density at radius 2 is 0.694 bits per heavy atom. The first-order valence-corrected chi connectivity index (χ1v) is 30.3. The van der Waals surface area contributed by atoms with E-state index >= 15 is 0 Å². The lowest BCUT2D eigenvalue weighted by atomic mass is 9.65. The van der Waals surface area contributed by atoms with E-state index < -0.39 is 0 Å². The monoisotopic (exact) mass is 1100 g/mol. The highest BCUT2D eigenvalue weighted by atomic mass is 15.2. The topological polar surface area (TPSA) is 9.72 Å². The Morgan fingerprint density at radius 3 is 1.09 bits per heavy atom. The number of hydrogen-bond acceptors (Lipinski definition) is 3. The number of hydrogen-bond donors (Lipinski definition) is 0. The lowest BCUT2D eigenvalue weighted by Crippen LogP contribution is -2.30. The molecule has 0 N–H and O–H groups in total. The van der Waals surface area contributed by atoms with Crippen molar-refractivity contribution in [2.24, 2.45) is 0 Å². The summed E-state index contributed by atoms with van der Waals surface area (Å²) in [6, 6.07) is 101. The van der Waals surface area contributed by atoms with Gasteiger partial charge in [0.15, 0.2) is 0 Å². The van der Waals surface area contributed by atoms with Crippen LogP contribution in [0.15, 0.2) is 285 Å². The van der Waals surface area contributed by atoms with Crippen LogP contribution in [0, 0.1) is 34.6 Å². The number of allylic oxidation sites excluding steroid dienone is 2. The van der Waals surface area contributed by atoms with Crippen molar-refractivity contribution in [3.8, 4) is 0 Å². The molecule has 0 radical (unpaired) electrons. The normalized spacial score (nSPS) is 12.9. The summed E-state index contributed by atoms with van der Waals surface area (Å²) in [6.45, 7) is 10.9. The summed E-state index contributed by atoms with van der Waals surface area (Å²) < 4.78 is 0. The highest BCUT2D eigenvalue weighted by Crippen LogP contribution is 2.47. The van der Waals surface area contributed by atoms with Crippen molar-refractivity contribution in [1.29, 1.82) is 0 Å². The maximum Gasteiger partial charge on any atom is 0.0464 e. The molecule has 0 spiro atoms. The number of rotatable bonds is 17. The van der Waals surface area contributed by atoms with E-state index in [4.69, 9.17) is 0 Å². The van der Waals surface area contributed by atoms with E-state index in [1.807, 2.05) is 0 Å². The highest BCUT2D eigenvalue weighted by molar-refractivity contribution is 5.83. The van der Waals surface area contributed by atoms with Crippen LogP contribution in [0.1, 0.15) is 98.9 Å². The van der Waals surface area contributed by atoms with E-state index in [0.29, 0.717) is 0 Å². The van der Waals surface area contributed by atoms with Gasteiger partial charge in [-0.25, -0.2) is 0 Å². The second kappa shape index (κ2) is 25.4. The Balaban J connectivity index is 0.806. The molecule has 0 unspecified atom stereocenters. The zero-order valence-corrected chi connectivity index (χ0v) is 49.8. The molecule has 1 fully saturated rings. The van der Waals surface area contributed by atoms with Crippen molar-refractivity contribution < 1.29 is 0 Å². The van der Waals surface area contributed by atoms with Crippen molar-refractivity contribution in [2.45, 2.75) is 78.6 Å². The summed E-state index contributed by atoms with van der Waals surface area (Å²) in [5.41, 5.74) is 26.6. The molecule has 1 aliphatic rings. The Morgan fingerprint density at radius 1 is 0.353 bits per heavy atom. The molecular weight excluding hydrogens is 1030 g/mol. The smallest absolute Gasteiger partial charge is 0.0464 e. The Kier molecular flexibility index (Phi) is 16.7. The summed E-state index contributed by atoms with van der Waals surface area (Å²) in [4.78, 5) is 7.17. The van der Waals surface area contributed by atoms with Gasteiger partial charge in [0, 0.05) is 56.6 Å². The van der Waals surface area contributed by atoms with Crippen molar-refractivity contribution in [1.82, 2.24) is 0 Å². The van der Waals surface area contributed by atoms with Crippen LogP contribution in [0.5, 0.6) is 0 Å². The van der Waals surface area contributed by atoms with Crippen molar-refractivity contribution in [2.75, 3.05) is 14.7 Å². The van der Waals surface area contributed by atoms with Gasteiger partial charge in [0.2, 0.25) is 0 Å². The number of anilines is 9. The average molecular weight is 1100 g/mol. The van der Waals surface area contributed by atoms with Crippen molar-refractivity contribution in [3.05, 3.63) is 352 Å². The van der Waals surface area contributed by atoms with E-state index in [-0.39, 0.29) is 5.41 Å². The molecule has 12 rings (SSSR count). The van der Waals surface area contributed by atoms with Crippen LogP contribution in [-0.4, -0.2) is 0 Å². The minimum absolute atomic E-state index is 0.0615. The molecule has 0 bridgehead atoms. The Labute approximate surface area is 505 Å². The predicted octanol–water partition coefficient (Wildman–Crippen LogP) is 22.6. The minimum atomic E-state index is -0.0615. The summed E-state index contributed by atoms with van der Waals surface area (Å²) in [5, 5.41) is 0. The van der Waals surface area contributed by atoms with Gasteiger partial charge in [0.05, 0.1) is 0 Å². The van der Waals surface area contributed by atoms with Gasteiger partial charge < -0.3 is 14.7 Å². The second-order valence-electron chi connectivity index (χ2n) is 23.3. The summed E-state index contributed by atoms with van der Waals surface area (Å²) >= 11 is 0. The van der Waals surface area contributed by atoms with Crippen molar-refractivity contribution >= 4 is 62.8 Å². The van der Waals surface area contributed by atoms with Crippen LogP contribution >= 0.6 is 0 Å². The van der Waals surface area contributed by atoms with Crippen LogP contribution in [0.4, 0.5) is 51.2 Å². The van der Waals surface area contributed by atoms with Crippen LogP contribution in [0.25, 0.3) is 11.6 Å². The molecule has 3 nitrogen and oxygen atoms in total. The highest BCUT2D eigenvalue weighted by Gasteiger charge is 2.36. The van der Waals surface area contributed by atoms with Gasteiger partial charge in [-0.05, 0) is 213 Å². The van der Waals surface area contributed by atoms with E-state index in [0.717, 1.165) is 70.3 Å². The Hall–Kier alpha value is -9.70. The average Bonchev–Trinajstić information content (AvgIpc) is 3.69.